The molecule has 0 bridgehead atoms. The zero-order valence-corrected chi connectivity index (χ0v) is 20.5. The number of aryl methyl sites for hydroxylation is 1. The number of barbiturate groups is 1. The van der Waals surface area contributed by atoms with Crippen LogP contribution >= 0.6 is 15.9 Å². The minimum absolute atomic E-state index is 0.117. The highest BCUT2D eigenvalue weighted by atomic mass is 79.9. The lowest BCUT2D eigenvalue weighted by Crippen LogP contribution is -2.54. The highest BCUT2D eigenvalue weighted by Gasteiger charge is 2.36. The van der Waals surface area contributed by atoms with Gasteiger partial charge in [-0.2, -0.15) is 0 Å². The van der Waals surface area contributed by atoms with Crippen molar-refractivity contribution in [2.24, 2.45) is 0 Å². The summed E-state index contributed by atoms with van der Waals surface area (Å²) in [7, 11) is 0. The molecule has 1 saturated heterocycles. The first-order valence-electron chi connectivity index (χ1n) is 10.7. The van der Waals surface area contributed by atoms with E-state index in [1.165, 1.54) is 18.2 Å². The molecule has 2 N–H and O–H groups in total. The number of urea groups is 1. The van der Waals surface area contributed by atoms with E-state index in [0.29, 0.717) is 21.5 Å². The molecule has 0 unspecified atom stereocenters. The van der Waals surface area contributed by atoms with E-state index in [0.717, 1.165) is 22.6 Å². The van der Waals surface area contributed by atoms with E-state index < -0.39 is 23.7 Å². The standard InChI is InChI=1S/C26H19BrFN3O5/c1-15-3-2-4-18(11-15)29-23(32)14-36-22-10-5-16(13-21(22)27)12-20-24(33)30-26(35)31(25(20)34)19-8-6-17(28)7-9-19/h2-13H,14H2,1H3,(H,29,32)(H,30,33,35)/b20-12+. The van der Waals surface area contributed by atoms with Crippen LogP contribution in [0.3, 0.4) is 0 Å². The molecule has 36 heavy (non-hydrogen) atoms. The zero-order valence-electron chi connectivity index (χ0n) is 18.9. The summed E-state index contributed by atoms with van der Waals surface area (Å²) in [4.78, 5) is 50.5. The van der Waals surface area contributed by atoms with E-state index in [1.807, 2.05) is 25.1 Å². The first-order valence-corrected chi connectivity index (χ1v) is 11.5. The quantitative estimate of drug-likeness (QED) is 0.344. The molecule has 0 aliphatic carbocycles. The molecular weight excluding hydrogens is 533 g/mol. The normalized spacial score (nSPS) is 14.6. The number of ether oxygens (including phenoxy) is 1. The largest absolute Gasteiger partial charge is 0.483 e. The molecule has 0 radical (unpaired) electrons. The summed E-state index contributed by atoms with van der Waals surface area (Å²) in [6.45, 7) is 1.69. The lowest BCUT2D eigenvalue weighted by atomic mass is 10.1. The summed E-state index contributed by atoms with van der Waals surface area (Å²) >= 11 is 3.36. The minimum Gasteiger partial charge on any atom is -0.483 e. The van der Waals surface area contributed by atoms with E-state index >= 15 is 0 Å². The van der Waals surface area contributed by atoms with E-state index in [2.05, 4.69) is 26.6 Å². The lowest BCUT2D eigenvalue weighted by Gasteiger charge is -2.26. The molecule has 5 amide bonds. The van der Waals surface area contributed by atoms with Gasteiger partial charge in [0.2, 0.25) is 0 Å². The molecule has 0 spiro atoms. The highest BCUT2D eigenvalue weighted by Crippen LogP contribution is 2.28. The summed E-state index contributed by atoms with van der Waals surface area (Å²) in [5.41, 5.74) is 1.97. The fourth-order valence-corrected chi connectivity index (χ4v) is 3.95. The van der Waals surface area contributed by atoms with Crippen molar-refractivity contribution < 1.29 is 28.3 Å². The van der Waals surface area contributed by atoms with Gasteiger partial charge in [-0.05, 0) is 88.6 Å². The Hall–Kier alpha value is -4.31. The van der Waals surface area contributed by atoms with Gasteiger partial charge in [-0.3, -0.25) is 19.7 Å². The molecule has 3 aromatic rings. The molecule has 0 aromatic heterocycles. The van der Waals surface area contributed by atoms with Crippen molar-refractivity contribution in [2.75, 3.05) is 16.8 Å². The number of benzene rings is 3. The van der Waals surface area contributed by atoms with Gasteiger partial charge >= 0.3 is 6.03 Å². The smallest absolute Gasteiger partial charge is 0.335 e. The second-order valence-corrected chi connectivity index (χ2v) is 8.68. The molecule has 0 saturated carbocycles. The Morgan fingerprint density at radius 1 is 1.08 bits per heavy atom. The second-order valence-electron chi connectivity index (χ2n) is 7.83. The van der Waals surface area contributed by atoms with Crippen LogP contribution in [0, 0.1) is 12.7 Å². The number of amides is 5. The predicted molar refractivity (Wildman–Crippen MR) is 135 cm³/mol. The van der Waals surface area contributed by atoms with E-state index in [-0.39, 0.29) is 23.8 Å². The third kappa shape index (κ3) is 5.66. The van der Waals surface area contributed by atoms with Crippen molar-refractivity contribution in [1.29, 1.82) is 0 Å². The fourth-order valence-electron chi connectivity index (χ4n) is 3.44. The van der Waals surface area contributed by atoms with Crippen LogP contribution in [0.4, 0.5) is 20.6 Å². The van der Waals surface area contributed by atoms with Gasteiger partial charge in [0, 0.05) is 5.69 Å². The van der Waals surface area contributed by atoms with Crippen LogP contribution < -0.4 is 20.3 Å². The van der Waals surface area contributed by atoms with E-state index in [1.54, 1.807) is 24.3 Å². The number of rotatable bonds is 6. The van der Waals surface area contributed by atoms with Crippen molar-refractivity contribution in [2.45, 2.75) is 6.92 Å². The average molecular weight is 552 g/mol. The van der Waals surface area contributed by atoms with Crippen molar-refractivity contribution in [1.82, 2.24) is 5.32 Å². The Kier molecular flexibility index (Phi) is 7.25. The van der Waals surface area contributed by atoms with Crippen LogP contribution in [-0.4, -0.2) is 30.4 Å². The number of carbonyl (C=O) groups is 4. The first-order chi connectivity index (χ1) is 17.2. The number of anilines is 2. The summed E-state index contributed by atoms with van der Waals surface area (Å²) in [5, 5.41) is 4.86. The number of hydrogen-bond acceptors (Lipinski definition) is 5. The van der Waals surface area contributed by atoms with Crippen LogP contribution in [0.1, 0.15) is 11.1 Å². The SMILES string of the molecule is Cc1cccc(NC(=O)COc2ccc(/C=C3\C(=O)NC(=O)N(c4ccc(F)cc4)C3=O)cc2Br)c1. The maximum absolute atomic E-state index is 13.3. The van der Waals surface area contributed by atoms with Crippen molar-refractivity contribution in [3.05, 3.63) is 93.7 Å². The van der Waals surface area contributed by atoms with Gasteiger partial charge in [0.1, 0.15) is 17.1 Å². The van der Waals surface area contributed by atoms with Crippen LogP contribution in [0.15, 0.2) is 76.8 Å². The molecule has 0 atom stereocenters. The molecule has 182 valence electrons. The summed E-state index contributed by atoms with van der Waals surface area (Å²) in [5.74, 6) is -2.20. The molecule has 1 heterocycles. The van der Waals surface area contributed by atoms with Crippen LogP contribution in [0.25, 0.3) is 6.08 Å². The van der Waals surface area contributed by atoms with Gasteiger partial charge in [-0.1, -0.05) is 18.2 Å². The molecule has 1 fully saturated rings. The fraction of sp³-hybridized carbons (Fsp3) is 0.0769. The van der Waals surface area contributed by atoms with Crippen molar-refractivity contribution >= 4 is 57.1 Å². The van der Waals surface area contributed by atoms with E-state index in [4.69, 9.17) is 4.74 Å². The second kappa shape index (κ2) is 10.5. The van der Waals surface area contributed by atoms with Gasteiger partial charge in [0.25, 0.3) is 17.7 Å². The van der Waals surface area contributed by atoms with Crippen molar-refractivity contribution in [3.63, 3.8) is 0 Å². The Bertz CT molecular complexity index is 1400. The van der Waals surface area contributed by atoms with Crippen LogP contribution in [0.2, 0.25) is 0 Å². The number of nitrogens with zero attached hydrogens (tertiary/aromatic N) is 1. The third-order valence-corrected chi connectivity index (χ3v) is 5.73. The average Bonchev–Trinajstić information content (AvgIpc) is 2.82. The Morgan fingerprint density at radius 2 is 1.83 bits per heavy atom. The predicted octanol–water partition coefficient (Wildman–Crippen LogP) is 4.58. The first kappa shape index (κ1) is 24.8. The molecule has 10 heteroatoms. The number of nitrogens with one attached hydrogen (secondary N) is 2. The van der Waals surface area contributed by atoms with E-state index in [9.17, 15) is 23.6 Å². The lowest BCUT2D eigenvalue weighted by molar-refractivity contribution is -0.122. The summed E-state index contributed by atoms with van der Waals surface area (Å²) in [6, 6.07) is 15.9. The minimum atomic E-state index is -0.928. The number of hydrogen-bond donors (Lipinski definition) is 2. The topological polar surface area (TPSA) is 105 Å². The molecule has 8 nitrogen and oxygen atoms in total. The summed E-state index contributed by atoms with van der Waals surface area (Å²) in [6.07, 6.45) is 1.32. The van der Waals surface area contributed by atoms with Crippen LogP contribution in [0.5, 0.6) is 5.75 Å². The number of halogens is 2. The van der Waals surface area contributed by atoms with Gasteiger partial charge in [0.15, 0.2) is 6.61 Å². The summed E-state index contributed by atoms with van der Waals surface area (Å²) < 4.78 is 19.3. The van der Waals surface area contributed by atoms with Gasteiger partial charge in [-0.25, -0.2) is 14.1 Å². The maximum atomic E-state index is 13.3. The molecule has 1 aliphatic rings. The van der Waals surface area contributed by atoms with Gasteiger partial charge in [-0.15, -0.1) is 0 Å². The Balaban J connectivity index is 1.47. The van der Waals surface area contributed by atoms with Crippen LogP contribution in [-0.2, 0) is 14.4 Å². The Labute approximate surface area is 213 Å². The molecule has 1 aliphatic heterocycles. The Morgan fingerprint density at radius 3 is 2.53 bits per heavy atom. The monoisotopic (exact) mass is 551 g/mol. The molecule has 3 aromatic carbocycles. The molecular formula is C26H19BrFN3O5. The molecule has 4 rings (SSSR count). The third-order valence-electron chi connectivity index (χ3n) is 5.11. The zero-order chi connectivity index (χ0) is 25.8. The number of carbonyl (C=O) groups excluding carboxylic acids is 4. The number of imide groups is 2. The van der Waals surface area contributed by atoms with Gasteiger partial charge in [0.05, 0.1) is 10.2 Å². The van der Waals surface area contributed by atoms with Crippen molar-refractivity contribution in [3.8, 4) is 5.75 Å². The maximum Gasteiger partial charge on any atom is 0.335 e. The van der Waals surface area contributed by atoms with Gasteiger partial charge < -0.3 is 10.1 Å². The highest BCUT2D eigenvalue weighted by molar-refractivity contribution is 9.10.